The van der Waals surface area contributed by atoms with E-state index >= 15 is 0 Å². The van der Waals surface area contributed by atoms with Crippen molar-refractivity contribution >= 4 is 29.7 Å². The van der Waals surface area contributed by atoms with Crippen molar-refractivity contribution in [2.45, 2.75) is 44.0 Å². The molecule has 27 heavy (non-hydrogen) atoms. The van der Waals surface area contributed by atoms with Crippen LogP contribution in [0.5, 0.6) is 0 Å². The summed E-state index contributed by atoms with van der Waals surface area (Å²) in [5.41, 5.74) is 5.43. The summed E-state index contributed by atoms with van der Waals surface area (Å²) in [6, 6.07) is -4.26. The van der Waals surface area contributed by atoms with Gasteiger partial charge >= 0.3 is 11.9 Å². The number of carboxylic acids is 2. The maximum absolute atomic E-state index is 12.1. The van der Waals surface area contributed by atoms with Crippen LogP contribution in [0, 0.1) is 0 Å². The minimum atomic E-state index is -1.55. The van der Waals surface area contributed by atoms with Crippen LogP contribution in [-0.4, -0.2) is 87.5 Å². The first-order chi connectivity index (χ1) is 12.5. The van der Waals surface area contributed by atoms with Gasteiger partial charge in [0.2, 0.25) is 17.7 Å². The third-order valence-electron chi connectivity index (χ3n) is 3.34. The molecule has 0 rings (SSSR count). The van der Waals surface area contributed by atoms with Gasteiger partial charge in [0.05, 0.1) is 19.3 Å². The van der Waals surface area contributed by atoms with Gasteiger partial charge in [0.25, 0.3) is 0 Å². The van der Waals surface area contributed by atoms with Gasteiger partial charge in [-0.05, 0) is 13.3 Å². The van der Waals surface area contributed by atoms with Gasteiger partial charge in [-0.25, -0.2) is 4.79 Å². The van der Waals surface area contributed by atoms with Gasteiger partial charge in [-0.1, -0.05) is 0 Å². The smallest absolute Gasteiger partial charge is 0.328 e. The topological polar surface area (TPSA) is 228 Å². The van der Waals surface area contributed by atoms with Crippen molar-refractivity contribution in [2.24, 2.45) is 5.73 Å². The average Bonchev–Trinajstić information content (AvgIpc) is 2.59. The van der Waals surface area contributed by atoms with Crippen LogP contribution >= 0.6 is 0 Å². The molecule has 0 aromatic heterocycles. The molecule has 0 saturated heterocycles. The molecule has 0 heterocycles. The molecule has 0 aliphatic rings. The molecule has 9 N–H and O–H groups in total. The number of rotatable bonds is 12. The van der Waals surface area contributed by atoms with Gasteiger partial charge in [0.1, 0.15) is 18.1 Å². The Morgan fingerprint density at radius 3 is 2.04 bits per heavy atom. The first kappa shape index (κ1) is 24.2. The highest BCUT2D eigenvalue weighted by Gasteiger charge is 2.27. The number of aliphatic carboxylic acids is 2. The number of nitrogens with two attached hydrogens (primary N) is 1. The van der Waals surface area contributed by atoms with Crippen molar-refractivity contribution < 1.29 is 44.4 Å². The van der Waals surface area contributed by atoms with E-state index < -0.39 is 73.5 Å². The molecular weight excluding hydrogens is 368 g/mol. The van der Waals surface area contributed by atoms with E-state index in [4.69, 9.17) is 21.1 Å². The largest absolute Gasteiger partial charge is 0.481 e. The summed E-state index contributed by atoms with van der Waals surface area (Å²) in [5.74, 6) is -5.43. The molecule has 0 fully saturated rings. The zero-order valence-corrected chi connectivity index (χ0v) is 14.5. The number of amides is 3. The Morgan fingerprint density at radius 1 is 1.00 bits per heavy atom. The van der Waals surface area contributed by atoms with Crippen LogP contribution in [-0.2, 0) is 24.0 Å². The van der Waals surface area contributed by atoms with Crippen LogP contribution in [0.2, 0.25) is 0 Å². The minimum absolute atomic E-state index is 0.310. The Hall–Kier alpha value is -2.77. The van der Waals surface area contributed by atoms with E-state index in [1.165, 1.54) is 6.92 Å². The third-order valence-corrected chi connectivity index (χ3v) is 3.34. The van der Waals surface area contributed by atoms with E-state index in [1.54, 1.807) is 0 Å². The molecule has 13 heteroatoms. The number of hydrogen-bond donors (Lipinski definition) is 8. The van der Waals surface area contributed by atoms with E-state index in [1.807, 2.05) is 5.32 Å². The predicted octanol–water partition coefficient (Wildman–Crippen LogP) is -4.28. The van der Waals surface area contributed by atoms with Gasteiger partial charge in [-0.3, -0.25) is 19.2 Å². The van der Waals surface area contributed by atoms with Crippen molar-refractivity contribution in [1.29, 1.82) is 0 Å². The number of hydrogen-bond acceptors (Lipinski definition) is 8. The molecule has 154 valence electrons. The fourth-order valence-electron chi connectivity index (χ4n) is 1.75. The maximum Gasteiger partial charge on any atom is 0.328 e. The molecule has 0 aromatic rings. The molecule has 0 radical (unpaired) electrons. The fraction of sp³-hybridized carbons (Fsp3) is 0.643. The summed E-state index contributed by atoms with van der Waals surface area (Å²) in [5, 5.41) is 41.8. The second-order valence-corrected chi connectivity index (χ2v) is 5.62. The van der Waals surface area contributed by atoms with Crippen LogP contribution < -0.4 is 21.7 Å². The first-order valence-corrected chi connectivity index (χ1v) is 7.86. The van der Waals surface area contributed by atoms with Gasteiger partial charge < -0.3 is 42.1 Å². The van der Waals surface area contributed by atoms with Crippen LogP contribution in [0.25, 0.3) is 0 Å². The Labute approximate surface area is 153 Å². The number of nitrogens with one attached hydrogen (secondary N) is 3. The van der Waals surface area contributed by atoms with Crippen molar-refractivity contribution in [1.82, 2.24) is 16.0 Å². The lowest BCUT2D eigenvalue weighted by Gasteiger charge is -2.21. The van der Waals surface area contributed by atoms with Gasteiger partial charge in [0.15, 0.2) is 0 Å². The minimum Gasteiger partial charge on any atom is -0.481 e. The number of carbonyl (C=O) groups is 5. The summed E-state index contributed by atoms with van der Waals surface area (Å²) >= 11 is 0. The van der Waals surface area contributed by atoms with Crippen molar-refractivity contribution in [3.05, 3.63) is 0 Å². The maximum atomic E-state index is 12.1. The van der Waals surface area contributed by atoms with Crippen LogP contribution in [0.4, 0.5) is 0 Å². The standard InChI is InChI=1S/C14H24N4O9/c1-6(20)11(15)13(25)18-7(2-3-10(22)23)12(24)16-4-9(21)17-8(5-19)14(26)27/h6-8,11,19-20H,2-5,15H2,1H3,(H,16,24)(H,17,21)(H,18,25)(H,22,23)(H,26,27). The second-order valence-electron chi connectivity index (χ2n) is 5.62. The molecule has 4 atom stereocenters. The molecule has 0 bridgehead atoms. The zero-order chi connectivity index (χ0) is 21.1. The van der Waals surface area contributed by atoms with Crippen molar-refractivity contribution in [3.63, 3.8) is 0 Å². The monoisotopic (exact) mass is 392 g/mol. The molecule has 0 spiro atoms. The molecular formula is C14H24N4O9. The summed E-state index contributed by atoms with van der Waals surface area (Å²) in [4.78, 5) is 56.9. The number of aliphatic hydroxyl groups is 2. The average molecular weight is 392 g/mol. The molecule has 3 amide bonds. The van der Waals surface area contributed by atoms with Crippen LogP contribution in [0.3, 0.4) is 0 Å². The summed E-state index contributed by atoms with van der Waals surface area (Å²) in [6.07, 6.45) is -2.00. The molecule has 0 aromatic carbocycles. The summed E-state index contributed by atoms with van der Waals surface area (Å²) in [6.45, 7) is -0.283. The Bertz CT molecular complexity index is 567. The molecule has 0 aliphatic heterocycles. The number of carbonyl (C=O) groups excluding carboxylic acids is 3. The van der Waals surface area contributed by atoms with E-state index in [0.29, 0.717) is 0 Å². The lowest BCUT2D eigenvalue weighted by Crippen LogP contribution is -2.55. The molecule has 0 saturated carbocycles. The number of aliphatic hydroxyl groups excluding tert-OH is 2. The lowest BCUT2D eigenvalue weighted by atomic mass is 10.1. The quantitative estimate of drug-likeness (QED) is 0.159. The predicted molar refractivity (Wildman–Crippen MR) is 88.1 cm³/mol. The molecule has 4 unspecified atom stereocenters. The van der Waals surface area contributed by atoms with Crippen molar-refractivity contribution in [2.75, 3.05) is 13.2 Å². The SMILES string of the molecule is CC(O)C(N)C(=O)NC(CCC(=O)O)C(=O)NCC(=O)NC(CO)C(=O)O. The van der Waals surface area contributed by atoms with E-state index in [9.17, 15) is 29.1 Å². The lowest BCUT2D eigenvalue weighted by molar-refractivity contribution is -0.142. The van der Waals surface area contributed by atoms with Gasteiger partial charge in [-0.2, -0.15) is 0 Å². The van der Waals surface area contributed by atoms with Crippen LogP contribution in [0.1, 0.15) is 19.8 Å². The van der Waals surface area contributed by atoms with E-state index in [-0.39, 0.29) is 6.42 Å². The Kier molecular flexibility index (Phi) is 10.6. The highest BCUT2D eigenvalue weighted by molar-refractivity contribution is 5.92. The van der Waals surface area contributed by atoms with E-state index in [0.717, 1.165) is 0 Å². The van der Waals surface area contributed by atoms with E-state index in [2.05, 4.69) is 10.6 Å². The summed E-state index contributed by atoms with van der Waals surface area (Å²) in [7, 11) is 0. The highest BCUT2D eigenvalue weighted by atomic mass is 16.4. The van der Waals surface area contributed by atoms with Gasteiger partial charge in [-0.15, -0.1) is 0 Å². The normalized spacial score (nSPS) is 15.0. The molecule has 13 nitrogen and oxygen atoms in total. The zero-order valence-electron chi connectivity index (χ0n) is 14.5. The fourth-order valence-corrected chi connectivity index (χ4v) is 1.75. The Morgan fingerprint density at radius 2 is 1.59 bits per heavy atom. The Balaban J connectivity index is 4.83. The summed E-state index contributed by atoms with van der Waals surface area (Å²) < 4.78 is 0. The van der Waals surface area contributed by atoms with Crippen LogP contribution in [0.15, 0.2) is 0 Å². The third kappa shape index (κ3) is 9.48. The first-order valence-electron chi connectivity index (χ1n) is 7.86. The van der Waals surface area contributed by atoms with Gasteiger partial charge in [0, 0.05) is 6.42 Å². The van der Waals surface area contributed by atoms with Crippen molar-refractivity contribution in [3.8, 4) is 0 Å². The number of carboxylic acid groups (broad SMARTS) is 2. The highest BCUT2D eigenvalue weighted by Crippen LogP contribution is 2.00. The molecule has 0 aliphatic carbocycles. The second kappa shape index (κ2) is 11.8.